The van der Waals surface area contributed by atoms with Crippen molar-refractivity contribution >= 4 is 11.6 Å². The minimum atomic E-state index is -4.26. The number of hydrogen-bond acceptors (Lipinski definition) is 2. The Morgan fingerprint density at radius 3 is 2.70 bits per heavy atom. The van der Waals surface area contributed by atoms with E-state index in [1.165, 1.54) is 0 Å². The van der Waals surface area contributed by atoms with Crippen LogP contribution in [0.15, 0.2) is 24.3 Å². The van der Waals surface area contributed by atoms with Crippen LogP contribution in [0.1, 0.15) is 12.0 Å². The van der Waals surface area contributed by atoms with Crippen LogP contribution in [0.3, 0.4) is 0 Å². The summed E-state index contributed by atoms with van der Waals surface area (Å²) in [5, 5.41) is 3.71. The Labute approximate surface area is 122 Å². The van der Waals surface area contributed by atoms with Crippen LogP contribution < -0.4 is 5.32 Å². The van der Waals surface area contributed by atoms with Crippen LogP contribution in [0.4, 0.5) is 13.2 Å². The van der Waals surface area contributed by atoms with Gasteiger partial charge in [0.15, 0.2) is 0 Å². The molecule has 2 nitrogen and oxygen atoms in total. The van der Waals surface area contributed by atoms with Crippen molar-refractivity contribution in [2.45, 2.75) is 19.0 Å². The molecule has 0 amide bonds. The summed E-state index contributed by atoms with van der Waals surface area (Å²) in [6.07, 6.45) is -2.92. The molecule has 0 heterocycles. The third kappa shape index (κ3) is 7.72. The normalized spacial score (nSPS) is 13.4. The fourth-order valence-electron chi connectivity index (χ4n) is 2.00. The summed E-state index contributed by atoms with van der Waals surface area (Å²) in [7, 11) is 1.82. The number of rotatable bonds is 8. The molecule has 0 radical (unpaired) electrons. The van der Waals surface area contributed by atoms with Gasteiger partial charge >= 0.3 is 6.18 Å². The van der Waals surface area contributed by atoms with Crippen LogP contribution in [-0.2, 0) is 11.2 Å². The number of alkyl halides is 3. The molecule has 0 aliphatic carbocycles. The lowest BCUT2D eigenvalue weighted by molar-refractivity contribution is -0.174. The van der Waals surface area contributed by atoms with E-state index in [0.29, 0.717) is 11.4 Å². The Bertz CT molecular complexity index is 398. The molecular formula is C14H19ClF3NO. The van der Waals surface area contributed by atoms with Gasteiger partial charge in [-0.25, -0.2) is 0 Å². The zero-order chi connectivity index (χ0) is 15.0. The van der Waals surface area contributed by atoms with E-state index < -0.39 is 12.8 Å². The van der Waals surface area contributed by atoms with Crippen LogP contribution in [0.2, 0.25) is 5.02 Å². The Morgan fingerprint density at radius 1 is 1.35 bits per heavy atom. The Balaban J connectivity index is 2.40. The summed E-state index contributed by atoms with van der Waals surface area (Å²) >= 11 is 5.92. The standard InChI is InChI=1S/C14H19ClF3NO/c1-19-9-12(5-6-20-10-14(16,17)18)7-11-3-2-4-13(15)8-11/h2-4,8,12,19H,5-7,9-10H2,1H3. The molecule has 0 spiro atoms. The van der Waals surface area contributed by atoms with Crippen LogP contribution in [0.25, 0.3) is 0 Å². The van der Waals surface area contributed by atoms with Crippen molar-refractivity contribution < 1.29 is 17.9 Å². The van der Waals surface area contributed by atoms with E-state index in [0.717, 1.165) is 18.5 Å². The average Bonchev–Trinajstić information content (AvgIpc) is 2.33. The Kier molecular flexibility index (Phi) is 7.34. The van der Waals surface area contributed by atoms with Gasteiger partial charge in [0.1, 0.15) is 6.61 Å². The molecule has 1 aromatic carbocycles. The molecule has 1 unspecified atom stereocenters. The summed E-state index contributed by atoms with van der Waals surface area (Å²) in [5.41, 5.74) is 1.08. The molecule has 1 N–H and O–H groups in total. The highest BCUT2D eigenvalue weighted by molar-refractivity contribution is 6.30. The first kappa shape index (κ1) is 17.3. The highest BCUT2D eigenvalue weighted by Crippen LogP contribution is 2.18. The first-order chi connectivity index (χ1) is 9.40. The van der Waals surface area contributed by atoms with Gasteiger partial charge in [0, 0.05) is 11.6 Å². The first-order valence-corrected chi connectivity index (χ1v) is 6.82. The van der Waals surface area contributed by atoms with Crippen LogP contribution in [0.5, 0.6) is 0 Å². The molecule has 114 valence electrons. The predicted octanol–water partition coefficient (Wildman–Crippen LogP) is 3.69. The maximum absolute atomic E-state index is 12.0. The highest BCUT2D eigenvalue weighted by atomic mass is 35.5. The van der Waals surface area contributed by atoms with E-state index in [2.05, 4.69) is 10.1 Å². The summed E-state index contributed by atoms with van der Waals surface area (Å²) in [6.45, 7) is -0.356. The second kappa shape index (κ2) is 8.49. The molecule has 1 atom stereocenters. The van der Waals surface area contributed by atoms with Crippen molar-refractivity contribution in [2.75, 3.05) is 26.8 Å². The third-order valence-corrected chi connectivity index (χ3v) is 3.08. The molecule has 20 heavy (non-hydrogen) atoms. The Morgan fingerprint density at radius 2 is 2.10 bits per heavy atom. The predicted molar refractivity (Wildman–Crippen MR) is 74.1 cm³/mol. The minimum Gasteiger partial charge on any atom is -0.372 e. The second-order valence-electron chi connectivity index (χ2n) is 4.71. The quantitative estimate of drug-likeness (QED) is 0.740. The van der Waals surface area contributed by atoms with Gasteiger partial charge in [0.2, 0.25) is 0 Å². The number of hydrogen-bond donors (Lipinski definition) is 1. The van der Waals surface area contributed by atoms with E-state index >= 15 is 0 Å². The van der Waals surface area contributed by atoms with Gasteiger partial charge in [0.05, 0.1) is 0 Å². The van der Waals surface area contributed by atoms with Gasteiger partial charge in [0.25, 0.3) is 0 Å². The average molecular weight is 310 g/mol. The molecule has 0 aromatic heterocycles. The molecular weight excluding hydrogens is 291 g/mol. The molecule has 0 aliphatic heterocycles. The molecule has 0 bridgehead atoms. The number of benzene rings is 1. The fraction of sp³-hybridized carbons (Fsp3) is 0.571. The lowest BCUT2D eigenvalue weighted by Gasteiger charge is -2.17. The Hall–Kier alpha value is -0.780. The van der Waals surface area contributed by atoms with Crippen molar-refractivity contribution in [1.29, 1.82) is 0 Å². The summed E-state index contributed by atoms with van der Waals surface area (Å²) in [5.74, 6) is 0.215. The minimum absolute atomic E-state index is 0.104. The monoisotopic (exact) mass is 309 g/mol. The maximum atomic E-state index is 12.0. The van der Waals surface area contributed by atoms with Crippen molar-refractivity contribution in [2.24, 2.45) is 5.92 Å². The van der Waals surface area contributed by atoms with E-state index in [1.807, 2.05) is 25.2 Å². The van der Waals surface area contributed by atoms with E-state index in [9.17, 15) is 13.2 Å². The molecule has 0 aliphatic rings. The first-order valence-electron chi connectivity index (χ1n) is 6.44. The zero-order valence-corrected chi connectivity index (χ0v) is 12.1. The molecule has 1 aromatic rings. The SMILES string of the molecule is CNCC(CCOCC(F)(F)F)Cc1cccc(Cl)c1. The third-order valence-electron chi connectivity index (χ3n) is 2.84. The van der Waals surface area contributed by atoms with E-state index in [1.54, 1.807) is 6.07 Å². The van der Waals surface area contributed by atoms with Crippen LogP contribution in [-0.4, -0.2) is 33.0 Å². The molecule has 1 rings (SSSR count). The topological polar surface area (TPSA) is 21.3 Å². The molecule has 0 saturated heterocycles. The van der Waals surface area contributed by atoms with Crippen molar-refractivity contribution in [3.8, 4) is 0 Å². The molecule has 6 heteroatoms. The van der Waals surface area contributed by atoms with E-state index in [-0.39, 0.29) is 12.5 Å². The maximum Gasteiger partial charge on any atom is 0.411 e. The highest BCUT2D eigenvalue weighted by Gasteiger charge is 2.27. The summed E-state index contributed by atoms with van der Waals surface area (Å²) in [6, 6.07) is 7.50. The van der Waals surface area contributed by atoms with Crippen LogP contribution in [0, 0.1) is 5.92 Å². The number of halogens is 4. The summed E-state index contributed by atoms with van der Waals surface area (Å²) < 4.78 is 40.6. The number of nitrogens with one attached hydrogen (secondary N) is 1. The van der Waals surface area contributed by atoms with Gasteiger partial charge < -0.3 is 10.1 Å². The van der Waals surface area contributed by atoms with Gasteiger partial charge in [-0.05, 0) is 50.0 Å². The molecule has 0 fully saturated rings. The van der Waals surface area contributed by atoms with Gasteiger partial charge in [-0.15, -0.1) is 0 Å². The second-order valence-corrected chi connectivity index (χ2v) is 5.15. The lowest BCUT2D eigenvalue weighted by atomic mass is 9.96. The van der Waals surface area contributed by atoms with Crippen LogP contribution >= 0.6 is 11.6 Å². The summed E-state index contributed by atoms with van der Waals surface area (Å²) in [4.78, 5) is 0. The van der Waals surface area contributed by atoms with Crippen molar-refractivity contribution in [3.63, 3.8) is 0 Å². The smallest absolute Gasteiger partial charge is 0.372 e. The van der Waals surface area contributed by atoms with Gasteiger partial charge in [-0.3, -0.25) is 0 Å². The van der Waals surface area contributed by atoms with Crippen molar-refractivity contribution in [3.05, 3.63) is 34.9 Å². The largest absolute Gasteiger partial charge is 0.411 e. The fourth-order valence-corrected chi connectivity index (χ4v) is 2.21. The van der Waals surface area contributed by atoms with E-state index in [4.69, 9.17) is 11.6 Å². The van der Waals surface area contributed by atoms with Gasteiger partial charge in [-0.1, -0.05) is 23.7 Å². The zero-order valence-electron chi connectivity index (χ0n) is 11.3. The molecule has 0 saturated carbocycles. The van der Waals surface area contributed by atoms with Gasteiger partial charge in [-0.2, -0.15) is 13.2 Å². The lowest BCUT2D eigenvalue weighted by Crippen LogP contribution is -2.24. The van der Waals surface area contributed by atoms with Crippen molar-refractivity contribution in [1.82, 2.24) is 5.32 Å². The number of ether oxygens (including phenoxy) is 1.